The number of amides is 1. The number of nitrogens with zero attached hydrogens (tertiary/aromatic N) is 6. The Bertz CT molecular complexity index is 1510. The molecule has 6 rings (SSSR count). The molecule has 0 saturated carbocycles. The van der Waals surface area contributed by atoms with Crippen LogP contribution in [0.15, 0.2) is 60.8 Å². The summed E-state index contributed by atoms with van der Waals surface area (Å²) in [5, 5.41) is 17.8. The molecule has 1 aliphatic rings. The molecule has 3 aromatic heterocycles. The maximum absolute atomic E-state index is 13.1. The van der Waals surface area contributed by atoms with Crippen LogP contribution in [0.2, 0.25) is 0 Å². The lowest BCUT2D eigenvalue weighted by Crippen LogP contribution is -2.35. The van der Waals surface area contributed by atoms with Gasteiger partial charge in [0.2, 0.25) is 5.82 Å². The number of pyridine rings is 1. The molecule has 0 atom stereocenters. The predicted molar refractivity (Wildman–Crippen MR) is 137 cm³/mol. The van der Waals surface area contributed by atoms with Crippen molar-refractivity contribution in [2.24, 2.45) is 0 Å². The second-order valence-electron chi connectivity index (χ2n) is 8.39. The minimum absolute atomic E-state index is 0.236. The van der Waals surface area contributed by atoms with E-state index in [1.807, 2.05) is 36.5 Å². The molecule has 1 aliphatic heterocycles. The summed E-state index contributed by atoms with van der Waals surface area (Å²) in [6.07, 6.45) is 1.92. The van der Waals surface area contributed by atoms with Gasteiger partial charge < -0.3 is 10.1 Å². The van der Waals surface area contributed by atoms with Crippen molar-refractivity contribution < 1.29 is 9.53 Å². The molecule has 5 aromatic rings. The molecule has 2 N–H and O–H groups in total. The Kier molecular flexibility index (Phi) is 6.16. The third-order valence-electron chi connectivity index (χ3n) is 5.95. The molecule has 2 aromatic carbocycles. The van der Waals surface area contributed by atoms with Gasteiger partial charge in [-0.05, 0) is 41.1 Å². The Morgan fingerprint density at radius 1 is 1.11 bits per heavy atom. The summed E-state index contributed by atoms with van der Waals surface area (Å²) < 4.78 is 5.44. The van der Waals surface area contributed by atoms with Crippen LogP contribution in [0, 0.1) is 0 Å². The fourth-order valence-electron chi connectivity index (χ4n) is 4.14. The maximum atomic E-state index is 13.1. The van der Waals surface area contributed by atoms with E-state index < -0.39 is 0 Å². The number of aromatic nitrogens is 6. The van der Waals surface area contributed by atoms with Crippen LogP contribution in [-0.4, -0.2) is 67.7 Å². The monoisotopic (exact) mass is 498 g/mol. The number of nitrogens with one attached hydrogen (secondary N) is 2. The normalized spacial score (nSPS) is 14.2. The average Bonchev–Trinajstić information content (AvgIpc) is 3.60. The quantitative estimate of drug-likeness (QED) is 0.364. The van der Waals surface area contributed by atoms with Crippen molar-refractivity contribution in [1.82, 2.24) is 35.5 Å². The average molecular weight is 499 g/mol. The number of benzene rings is 2. The summed E-state index contributed by atoms with van der Waals surface area (Å²) in [6, 6.07) is 16.9. The SMILES string of the molecule is O=C(Nc1ccccc1-c1nc2cc(CN3CCOCC3)cnc2s1)c1cccc(-c2nn[nH]n2)c1. The number of carbonyl (C=O) groups is 1. The number of fused-ring (bicyclic) bond motifs is 1. The largest absolute Gasteiger partial charge is 0.379 e. The summed E-state index contributed by atoms with van der Waals surface area (Å²) in [5.41, 5.74) is 4.71. The van der Waals surface area contributed by atoms with Crippen molar-refractivity contribution in [3.8, 4) is 22.0 Å². The lowest BCUT2D eigenvalue weighted by atomic mass is 10.1. The summed E-state index contributed by atoms with van der Waals surface area (Å²) in [7, 11) is 0. The number of para-hydroxylation sites is 1. The van der Waals surface area contributed by atoms with Gasteiger partial charge in [-0.15, -0.1) is 10.2 Å². The van der Waals surface area contributed by atoms with Gasteiger partial charge >= 0.3 is 0 Å². The number of rotatable bonds is 6. The van der Waals surface area contributed by atoms with Crippen LogP contribution in [0.25, 0.3) is 32.3 Å². The number of hydrogen-bond donors (Lipinski definition) is 2. The number of thiazole rings is 1. The summed E-state index contributed by atoms with van der Waals surface area (Å²) in [4.78, 5) is 25.8. The van der Waals surface area contributed by atoms with Gasteiger partial charge in [0.15, 0.2) is 0 Å². The smallest absolute Gasteiger partial charge is 0.255 e. The molecule has 0 radical (unpaired) electrons. The highest BCUT2D eigenvalue weighted by Crippen LogP contribution is 2.34. The van der Waals surface area contributed by atoms with E-state index in [0.29, 0.717) is 22.6 Å². The van der Waals surface area contributed by atoms with Crippen molar-refractivity contribution in [2.45, 2.75) is 6.54 Å². The number of carbonyl (C=O) groups excluding carboxylic acids is 1. The fraction of sp³-hybridized carbons (Fsp3) is 0.200. The molecular weight excluding hydrogens is 476 g/mol. The van der Waals surface area contributed by atoms with E-state index in [1.165, 1.54) is 11.3 Å². The first-order chi connectivity index (χ1) is 17.7. The first-order valence-electron chi connectivity index (χ1n) is 11.5. The van der Waals surface area contributed by atoms with Gasteiger partial charge in [-0.2, -0.15) is 5.21 Å². The van der Waals surface area contributed by atoms with Gasteiger partial charge in [0, 0.05) is 42.5 Å². The van der Waals surface area contributed by atoms with E-state index in [1.54, 1.807) is 18.2 Å². The number of morpholine rings is 1. The third-order valence-corrected chi connectivity index (χ3v) is 6.96. The van der Waals surface area contributed by atoms with Crippen LogP contribution >= 0.6 is 11.3 Å². The number of hydrogen-bond acceptors (Lipinski definition) is 9. The molecule has 180 valence electrons. The lowest BCUT2D eigenvalue weighted by Gasteiger charge is -2.26. The van der Waals surface area contributed by atoms with Crippen LogP contribution in [0.3, 0.4) is 0 Å². The van der Waals surface area contributed by atoms with Crippen molar-refractivity contribution in [3.05, 3.63) is 71.9 Å². The minimum atomic E-state index is -0.236. The van der Waals surface area contributed by atoms with E-state index in [-0.39, 0.29) is 5.91 Å². The highest BCUT2D eigenvalue weighted by atomic mass is 32.1. The van der Waals surface area contributed by atoms with Crippen molar-refractivity contribution in [2.75, 3.05) is 31.6 Å². The third kappa shape index (κ3) is 4.71. The molecule has 1 saturated heterocycles. The highest BCUT2D eigenvalue weighted by molar-refractivity contribution is 7.21. The molecule has 36 heavy (non-hydrogen) atoms. The van der Waals surface area contributed by atoms with Crippen molar-refractivity contribution >= 4 is 33.3 Å². The molecule has 0 spiro atoms. The van der Waals surface area contributed by atoms with Gasteiger partial charge in [-0.25, -0.2) is 9.97 Å². The summed E-state index contributed by atoms with van der Waals surface area (Å²) in [5.74, 6) is 0.194. The molecule has 0 bridgehead atoms. The number of H-pyrrole nitrogens is 1. The van der Waals surface area contributed by atoms with Crippen LogP contribution in [0.5, 0.6) is 0 Å². The Labute approximate surface area is 210 Å². The molecule has 1 fully saturated rings. The van der Waals surface area contributed by atoms with E-state index in [9.17, 15) is 4.79 Å². The maximum Gasteiger partial charge on any atom is 0.255 e. The highest BCUT2D eigenvalue weighted by Gasteiger charge is 2.16. The zero-order chi connectivity index (χ0) is 24.3. The van der Waals surface area contributed by atoms with Gasteiger partial charge in [0.1, 0.15) is 15.4 Å². The standard InChI is InChI=1S/C25H22N8O2S/c34-23(18-5-3-4-17(13-18)22-29-31-32-30-22)27-20-7-2-1-6-19(20)24-28-21-12-16(14-26-25(21)36-24)15-33-8-10-35-11-9-33/h1-7,12-14H,8-11,15H2,(H,27,34)(H,29,30,31,32). The van der Waals surface area contributed by atoms with E-state index in [0.717, 1.165) is 59.3 Å². The lowest BCUT2D eigenvalue weighted by molar-refractivity contribution is 0.0341. The molecule has 1 amide bonds. The Hall–Kier alpha value is -4.06. The zero-order valence-electron chi connectivity index (χ0n) is 19.2. The van der Waals surface area contributed by atoms with Crippen molar-refractivity contribution in [1.29, 1.82) is 0 Å². The van der Waals surface area contributed by atoms with Crippen LogP contribution in [-0.2, 0) is 11.3 Å². The van der Waals surface area contributed by atoms with E-state index in [2.05, 4.69) is 41.9 Å². The summed E-state index contributed by atoms with van der Waals surface area (Å²) >= 11 is 1.51. The second kappa shape index (κ2) is 9.90. The second-order valence-corrected chi connectivity index (χ2v) is 9.37. The topological polar surface area (TPSA) is 122 Å². The predicted octanol–water partition coefficient (Wildman–Crippen LogP) is 3.62. The zero-order valence-corrected chi connectivity index (χ0v) is 20.0. The summed E-state index contributed by atoms with van der Waals surface area (Å²) in [6.45, 7) is 4.20. The Morgan fingerprint density at radius 2 is 2.00 bits per heavy atom. The molecule has 11 heteroatoms. The van der Waals surface area contributed by atoms with Gasteiger partial charge in [0.25, 0.3) is 5.91 Å². The van der Waals surface area contributed by atoms with Gasteiger partial charge in [-0.1, -0.05) is 35.6 Å². The van der Waals surface area contributed by atoms with Crippen LogP contribution in [0.1, 0.15) is 15.9 Å². The first-order valence-corrected chi connectivity index (χ1v) is 12.3. The number of anilines is 1. The van der Waals surface area contributed by atoms with Crippen molar-refractivity contribution in [3.63, 3.8) is 0 Å². The number of aromatic amines is 1. The first kappa shape index (κ1) is 22.4. The van der Waals surface area contributed by atoms with E-state index in [4.69, 9.17) is 9.72 Å². The Morgan fingerprint density at radius 3 is 2.86 bits per heavy atom. The molecular formula is C25H22N8O2S. The van der Waals surface area contributed by atoms with Gasteiger partial charge in [-0.3, -0.25) is 9.69 Å². The number of ether oxygens (including phenoxy) is 1. The van der Waals surface area contributed by atoms with Gasteiger partial charge in [0.05, 0.1) is 18.9 Å². The van der Waals surface area contributed by atoms with Crippen LogP contribution in [0.4, 0.5) is 5.69 Å². The molecule has 4 heterocycles. The Balaban J connectivity index is 1.25. The van der Waals surface area contributed by atoms with Crippen LogP contribution < -0.4 is 5.32 Å². The molecule has 10 nitrogen and oxygen atoms in total. The van der Waals surface area contributed by atoms with E-state index >= 15 is 0 Å². The number of tetrazole rings is 1. The molecule has 0 unspecified atom stereocenters. The molecule has 0 aliphatic carbocycles. The fourth-order valence-corrected chi connectivity index (χ4v) is 5.07. The minimum Gasteiger partial charge on any atom is -0.379 e.